The summed E-state index contributed by atoms with van der Waals surface area (Å²) < 4.78 is 14.0. The molecule has 0 N–H and O–H groups in total. The Morgan fingerprint density at radius 2 is 1.52 bits per heavy atom. The number of rotatable bonds is 5. The first-order valence-corrected chi connectivity index (χ1v) is 18.6. The molecule has 0 atom stereocenters. The molecule has 1 aliphatic heterocycles. The van der Waals surface area contributed by atoms with Crippen LogP contribution < -0.4 is 0 Å². The van der Waals surface area contributed by atoms with Crippen molar-refractivity contribution in [1.82, 2.24) is 0 Å². The van der Waals surface area contributed by atoms with E-state index < -0.39 is 18.4 Å². The van der Waals surface area contributed by atoms with Crippen LogP contribution in [0, 0.1) is 0 Å². The van der Waals surface area contributed by atoms with E-state index in [4.69, 9.17) is 9.31 Å². The molecule has 1 heterocycles. The van der Waals surface area contributed by atoms with Crippen molar-refractivity contribution in [1.29, 1.82) is 0 Å². The fourth-order valence-corrected chi connectivity index (χ4v) is 7.07. The molecule has 0 aliphatic carbocycles. The topological polar surface area (TPSA) is 18.5 Å². The summed E-state index contributed by atoms with van der Waals surface area (Å²) in [5.74, 6) is 2.29. The maximum absolute atomic E-state index is 6.18. The van der Waals surface area contributed by atoms with Crippen LogP contribution in [-0.4, -0.2) is 36.7 Å². The van der Waals surface area contributed by atoms with Crippen molar-refractivity contribution in [2.45, 2.75) is 66.6 Å². The number of allylic oxidation sites excluding steroid dienone is 1. The molecule has 0 bridgehead atoms. The van der Waals surface area contributed by atoms with Crippen molar-refractivity contribution in [3.8, 4) is 0 Å². The van der Waals surface area contributed by atoms with Crippen LogP contribution in [0.4, 0.5) is 0 Å². The summed E-state index contributed by atoms with van der Waals surface area (Å²) in [4.78, 5) is 7.41. The quantitative estimate of drug-likeness (QED) is 0.620. The molecule has 0 saturated carbocycles. The average Bonchev–Trinajstić information content (AvgIpc) is 2.62. The van der Waals surface area contributed by atoms with E-state index in [1.807, 2.05) is 0 Å². The number of aryl methyl sites for hydroxylation is 1. The van der Waals surface area contributed by atoms with E-state index >= 15 is 0 Å². The van der Waals surface area contributed by atoms with E-state index in [1.54, 1.807) is 3.59 Å². The third kappa shape index (κ3) is 4.86. The zero-order chi connectivity index (χ0) is 17.3. The molecule has 126 valence electrons. The van der Waals surface area contributed by atoms with Gasteiger partial charge in [-0.2, -0.15) is 0 Å². The van der Waals surface area contributed by atoms with E-state index in [9.17, 15) is 0 Å². The Morgan fingerprint density at radius 1 is 1.00 bits per heavy atom. The van der Waals surface area contributed by atoms with E-state index in [0.717, 1.165) is 12.8 Å². The van der Waals surface area contributed by atoms with Gasteiger partial charge in [0.25, 0.3) is 0 Å². The molecule has 1 saturated heterocycles. The zero-order valence-electron chi connectivity index (χ0n) is 15.8. The molecule has 1 fully saturated rings. The van der Waals surface area contributed by atoms with Gasteiger partial charge in [-0.15, -0.1) is 0 Å². The van der Waals surface area contributed by atoms with Gasteiger partial charge in [-0.1, -0.05) is 0 Å². The Bertz CT molecular complexity index is 542. The van der Waals surface area contributed by atoms with Crippen LogP contribution in [0.1, 0.15) is 39.7 Å². The van der Waals surface area contributed by atoms with Gasteiger partial charge in [0.15, 0.2) is 0 Å². The average molecular weight is 421 g/mol. The minimum atomic E-state index is -2.17. The van der Waals surface area contributed by atoms with Crippen molar-refractivity contribution in [2.24, 2.45) is 0 Å². The summed E-state index contributed by atoms with van der Waals surface area (Å²) in [6.07, 6.45) is 2.22. The molecule has 2 rings (SSSR count). The third-order valence-corrected chi connectivity index (χ3v) is 11.8. The standard InChI is InChI=1S/C16H22BO2.3CH3.Sn/c1-15(2)16(3,4)19-17(18-15)13-9-8-12-14-10-6-5-7-11-14;;;;/h5-7,10-11,13H,8,12H2,1-4H3;3*1H3;. The van der Waals surface area contributed by atoms with Crippen LogP contribution in [0.2, 0.25) is 14.8 Å². The van der Waals surface area contributed by atoms with Gasteiger partial charge in [-0.3, -0.25) is 0 Å². The first kappa shape index (κ1) is 19.1. The molecule has 0 radical (unpaired) electrons. The van der Waals surface area contributed by atoms with Gasteiger partial charge in [-0.05, 0) is 0 Å². The van der Waals surface area contributed by atoms with Crippen LogP contribution in [0.3, 0.4) is 0 Å². The van der Waals surface area contributed by atoms with Crippen LogP contribution in [-0.2, 0) is 15.7 Å². The first-order chi connectivity index (χ1) is 10.5. The number of hydrogen-bond acceptors (Lipinski definition) is 2. The second-order valence-corrected chi connectivity index (χ2v) is 23.2. The van der Waals surface area contributed by atoms with Crippen molar-refractivity contribution in [3.05, 3.63) is 45.5 Å². The fourth-order valence-electron chi connectivity index (χ4n) is 2.75. The normalized spacial score (nSPS) is 20.8. The van der Waals surface area contributed by atoms with Gasteiger partial charge in [0.05, 0.1) is 0 Å². The summed E-state index contributed by atoms with van der Waals surface area (Å²) in [6, 6.07) is 10.7. The van der Waals surface area contributed by atoms with Crippen LogP contribution >= 0.6 is 0 Å². The second-order valence-electron chi connectivity index (χ2n) is 8.55. The molecule has 2 nitrogen and oxygen atoms in total. The zero-order valence-corrected chi connectivity index (χ0v) is 18.6. The molecule has 1 aromatic rings. The Balaban J connectivity index is 2.13. The summed E-state index contributed by atoms with van der Waals surface area (Å²) in [6.45, 7) is 8.46. The van der Waals surface area contributed by atoms with Gasteiger partial charge in [0.2, 0.25) is 0 Å². The van der Waals surface area contributed by atoms with E-state index in [2.05, 4.69) is 78.8 Å². The van der Waals surface area contributed by atoms with E-state index in [1.165, 1.54) is 5.56 Å². The Morgan fingerprint density at radius 3 is 2.00 bits per heavy atom. The molecule has 0 unspecified atom stereocenters. The predicted molar refractivity (Wildman–Crippen MR) is 102 cm³/mol. The maximum atomic E-state index is 6.18. The van der Waals surface area contributed by atoms with E-state index in [0.29, 0.717) is 0 Å². The predicted octanol–water partition coefficient (Wildman–Crippen LogP) is 5.05. The summed E-state index contributed by atoms with van der Waals surface area (Å²) in [5, 5.41) is 0. The molecular weight excluding hydrogens is 390 g/mol. The van der Waals surface area contributed by atoms with Gasteiger partial charge >= 0.3 is 147 Å². The molecule has 0 spiro atoms. The monoisotopic (exact) mass is 422 g/mol. The van der Waals surface area contributed by atoms with Crippen molar-refractivity contribution in [2.75, 3.05) is 0 Å². The molecule has 0 aromatic heterocycles. The van der Waals surface area contributed by atoms with Gasteiger partial charge < -0.3 is 0 Å². The molecule has 0 amide bonds. The summed E-state index contributed by atoms with van der Waals surface area (Å²) in [7, 11) is -0.207. The fraction of sp³-hybridized carbons (Fsp3) is 0.579. The SMILES string of the molecule is CC1(C)OB(/C=[C](/CCc2ccccc2)[Sn]([CH3])([CH3])[CH3])OC1(C)C. The minimum absolute atomic E-state index is 0.207. The summed E-state index contributed by atoms with van der Waals surface area (Å²) >= 11 is -2.17. The Labute approximate surface area is 146 Å². The Kier molecular flexibility index (Phi) is 5.75. The van der Waals surface area contributed by atoms with Crippen molar-refractivity contribution < 1.29 is 9.31 Å². The Hall–Kier alpha value is -0.256. The molecular formula is C19H31BO2Sn. The molecule has 1 aliphatic rings. The van der Waals surface area contributed by atoms with Crippen LogP contribution in [0.25, 0.3) is 0 Å². The third-order valence-electron chi connectivity index (χ3n) is 5.10. The van der Waals surface area contributed by atoms with E-state index in [-0.39, 0.29) is 18.3 Å². The second kappa shape index (κ2) is 6.93. The first-order valence-electron chi connectivity index (χ1n) is 8.62. The number of hydrogen-bond donors (Lipinski definition) is 0. The number of benzene rings is 1. The van der Waals surface area contributed by atoms with Crippen LogP contribution in [0.5, 0.6) is 0 Å². The van der Waals surface area contributed by atoms with Crippen molar-refractivity contribution >= 4 is 25.5 Å². The van der Waals surface area contributed by atoms with Crippen LogP contribution in [0.15, 0.2) is 39.9 Å². The molecule has 1 aromatic carbocycles. The molecule has 4 heteroatoms. The van der Waals surface area contributed by atoms with Crippen molar-refractivity contribution in [3.63, 3.8) is 0 Å². The van der Waals surface area contributed by atoms with Gasteiger partial charge in [0.1, 0.15) is 0 Å². The van der Waals surface area contributed by atoms with Gasteiger partial charge in [0, 0.05) is 0 Å². The summed E-state index contributed by atoms with van der Waals surface area (Å²) in [5.41, 5.74) is 0.890. The molecule has 23 heavy (non-hydrogen) atoms. The van der Waals surface area contributed by atoms with Gasteiger partial charge in [-0.25, -0.2) is 0 Å².